The first kappa shape index (κ1) is 18.4. The SMILES string of the molecule is Cc1cc(-c2cnn(CC3(F)CCCC3)c2)c(-c2ccn3ncnc3c2)nc1C#N. The zero-order chi connectivity index (χ0) is 20.7. The molecule has 1 fully saturated rings. The Morgan fingerprint density at radius 3 is 2.83 bits per heavy atom. The number of aryl methyl sites for hydroxylation is 1. The first-order valence-electron chi connectivity index (χ1n) is 9.98. The van der Waals surface area contributed by atoms with Crippen LogP contribution in [-0.4, -0.2) is 35.0 Å². The zero-order valence-corrected chi connectivity index (χ0v) is 16.6. The molecule has 0 aliphatic heterocycles. The molecule has 0 saturated heterocycles. The van der Waals surface area contributed by atoms with Crippen LogP contribution in [0.15, 0.2) is 43.1 Å². The number of hydrogen-bond donors (Lipinski definition) is 0. The molecule has 5 rings (SSSR count). The normalized spacial score (nSPS) is 15.5. The number of pyridine rings is 2. The zero-order valence-electron chi connectivity index (χ0n) is 16.6. The molecule has 1 aliphatic carbocycles. The fourth-order valence-corrected chi connectivity index (χ4v) is 4.18. The Morgan fingerprint density at radius 1 is 1.20 bits per heavy atom. The van der Waals surface area contributed by atoms with Gasteiger partial charge in [-0.05, 0) is 43.5 Å². The maximum absolute atomic E-state index is 14.9. The van der Waals surface area contributed by atoms with Gasteiger partial charge in [0.15, 0.2) is 5.65 Å². The minimum absolute atomic E-state index is 0.261. The van der Waals surface area contributed by atoms with Crippen LogP contribution in [0.4, 0.5) is 4.39 Å². The number of rotatable bonds is 4. The van der Waals surface area contributed by atoms with Gasteiger partial charge in [-0.2, -0.15) is 15.5 Å². The topological polar surface area (TPSA) is 84.7 Å². The van der Waals surface area contributed by atoms with Gasteiger partial charge in [-0.25, -0.2) is 18.9 Å². The molecule has 0 aromatic carbocycles. The van der Waals surface area contributed by atoms with Crippen LogP contribution in [0.2, 0.25) is 0 Å². The number of nitriles is 1. The van der Waals surface area contributed by atoms with Crippen LogP contribution in [0.25, 0.3) is 28.0 Å². The molecule has 8 heteroatoms. The smallest absolute Gasteiger partial charge is 0.155 e. The van der Waals surface area contributed by atoms with Crippen LogP contribution in [0, 0.1) is 18.3 Å². The van der Waals surface area contributed by atoms with Gasteiger partial charge in [0.2, 0.25) is 0 Å². The van der Waals surface area contributed by atoms with E-state index >= 15 is 0 Å². The summed E-state index contributed by atoms with van der Waals surface area (Å²) >= 11 is 0. The van der Waals surface area contributed by atoms with Crippen LogP contribution in [0.5, 0.6) is 0 Å². The van der Waals surface area contributed by atoms with Crippen molar-refractivity contribution < 1.29 is 4.39 Å². The van der Waals surface area contributed by atoms with Gasteiger partial charge in [0.05, 0.1) is 18.4 Å². The van der Waals surface area contributed by atoms with Crippen molar-refractivity contribution in [2.24, 2.45) is 0 Å². The summed E-state index contributed by atoms with van der Waals surface area (Å²) in [6.07, 6.45) is 9.93. The Morgan fingerprint density at radius 2 is 2.03 bits per heavy atom. The molecule has 150 valence electrons. The summed E-state index contributed by atoms with van der Waals surface area (Å²) in [6, 6.07) is 7.88. The molecular formula is C22H20FN7. The third-order valence-electron chi connectivity index (χ3n) is 5.76. The van der Waals surface area contributed by atoms with Gasteiger partial charge in [0.1, 0.15) is 23.8 Å². The van der Waals surface area contributed by atoms with Crippen LogP contribution >= 0.6 is 0 Å². The van der Waals surface area contributed by atoms with Crippen molar-refractivity contribution in [2.75, 3.05) is 0 Å². The molecule has 30 heavy (non-hydrogen) atoms. The van der Waals surface area contributed by atoms with Crippen molar-refractivity contribution in [1.82, 2.24) is 29.4 Å². The van der Waals surface area contributed by atoms with E-state index in [4.69, 9.17) is 0 Å². The molecule has 4 aromatic rings. The summed E-state index contributed by atoms with van der Waals surface area (Å²) in [5.41, 5.74) is 3.85. The Balaban J connectivity index is 1.59. The van der Waals surface area contributed by atoms with Crippen molar-refractivity contribution in [1.29, 1.82) is 5.26 Å². The highest BCUT2D eigenvalue weighted by atomic mass is 19.1. The molecule has 0 bridgehead atoms. The standard InChI is InChI=1S/C22H20FN7/c1-15-8-18(17-11-26-29(12-17)13-22(23)5-2-3-6-22)21(28-19(15)10-24)16-4-7-30-20(9-16)25-14-27-30/h4,7-9,11-12,14H,2-3,5-6,13H2,1H3. The second-order valence-corrected chi connectivity index (χ2v) is 7.92. The van der Waals surface area contributed by atoms with Crippen molar-refractivity contribution in [2.45, 2.75) is 44.8 Å². The Bertz CT molecular complexity index is 1270. The second kappa shape index (κ2) is 7.02. The van der Waals surface area contributed by atoms with Gasteiger partial charge in [0.25, 0.3) is 0 Å². The van der Waals surface area contributed by atoms with Crippen LogP contribution < -0.4 is 0 Å². The Labute approximate surface area is 172 Å². The van der Waals surface area contributed by atoms with Crippen molar-refractivity contribution in [3.8, 4) is 28.5 Å². The molecule has 0 N–H and O–H groups in total. The maximum atomic E-state index is 14.9. The molecule has 0 radical (unpaired) electrons. The largest absolute Gasteiger partial charge is 0.269 e. The molecule has 4 aromatic heterocycles. The van der Waals surface area contributed by atoms with E-state index in [0.29, 0.717) is 29.9 Å². The molecule has 0 amide bonds. The third kappa shape index (κ3) is 3.22. The van der Waals surface area contributed by atoms with Crippen LogP contribution in [0.1, 0.15) is 36.9 Å². The molecule has 7 nitrogen and oxygen atoms in total. The Hall–Kier alpha value is -3.60. The highest BCUT2D eigenvalue weighted by Gasteiger charge is 2.34. The van der Waals surface area contributed by atoms with Crippen molar-refractivity contribution >= 4 is 5.65 Å². The minimum Gasteiger partial charge on any atom is -0.269 e. The average molecular weight is 401 g/mol. The molecule has 4 heterocycles. The monoisotopic (exact) mass is 401 g/mol. The molecule has 1 aliphatic rings. The van der Waals surface area contributed by atoms with E-state index in [9.17, 15) is 9.65 Å². The molecular weight excluding hydrogens is 381 g/mol. The highest BCUT2D eigenvalue weighted by molar-refractivity contribution is 5.82. The fourth-order valence-electron chi connectivity index (χ4n) is 4.18. The number of fused-ring (bicyclic) bond motifs is 1. The first-order chi connectivity index (χ1) is 14.5. The number of aromatic nitrogens is 6. The van der Waals surface area contributed by atoms with Gasteiger partial charge in [-0.15, -0.1) is 0 Å². The summed E-state index contributed by atoms with van der Waals surface area (Å²) in [6.45, 7) is 2.12. The Kier molecular flexibility index (Phi) is 4.31. The summed E-state index contributed by atoms with van der Waals surface area (Å²) < 4.78 is 18.3. The van der Waals surface area contributed by atoms with E-state index < -0.39 is 5.67 Å². The average Bonchev–Trinajstić information content (AvgIpc) is 3.48. The van der Waals surface area contributed by atoms with Gasteiger partial charge < -0.3 is 0 Å². The quantitative estimate of drug-likeness (QED) is 0.514. The first-order valence-corrected chi connectivity index (χ1v) is 9.98. The van der Waals surface area contributed by atoms with Crippen LogP contribution in [-0.2, 0) is 6.54 Å². The molecule has 0 unspecified atom stereocenters. The predicted octanol–water partition coefficient (Wildman–Crippen LogP) is 4.12. The fraction of sp³-hybridized carbons (Fsp3) is 0.318. The van der Waals surface area contributed by atoms with Crippen molar-refractivity contribution in [3.63, 3.8) is 0 Å². The van der Waals surface area contributed by atoms with Gasteiger partial charge in [-0.3, -0.25) is 4.68 Å². The van der Waals surface area contributed by atoms with E-state index in [1.54, 1.807) is 15.4 Å². The number of nitrogens with zero attached hydrogens (tertiary/aromatic N) is 7. The van der Waals surface area contributed by atoms with Gasteiger partial charge in [-0.1, -0.05) is 12.8 Å². The van der Waals surface area contributed by atoms with E-state index in [0.717, 1.165) is 35.1 Å². The lowest BCUT2D eigenvalue weighted by Gasteiger charge is -2.18. The van der Waals surface area contributed by atoms with E-state index in [2.05, 4.69) is 26.2 Å². The molecule has 1 saturated carbocycles. The van der Waals surface area contributed by atoms with E-state index in [1.807, 2.05) is 37.5 Å². The van der Waals surface area contributed by atoms with Crippen molar-refractivity contribution in [3.05, 3.63) is 54.4 Å². The number of alkyl halides is 1. The summed E-state index contributed by atoms with van der Waals surface area (Å²) in [5.74, 6) is 0. The second-order valence-electron chi connectivity index (χ2n) is 7.92. The predicted molar refractivity (Wildman–Crippen MR) is 109 cm³/mol. The third-order valence-corrected chi connectivity index (χ3v) is 5.76. The summed E-state index contributed by atoms with van der Waals surface area (Å²) in [4.78, 5) is 8.86. The lowest BCUT2D eigenvalue weighted by atomic mass is 9.99. The lowest BCUT2D eigenvalue weighted by Crippen LogP contribution is -2.25. The summed E-state index contributed by atoms with van der Waals surface area (Å²) in [5, 5.41) is 18.0. The van der Waals surface area contributed by atoms with Gasteiger partial charge in [0, 0.05) is 29.1 Å². The highest BCUT2D eigenvalue weighted by Crippen LogP contribution is 2.36. The number of halogens is 1. The van der Waals surface area contributed by atoms with Crippen LogP contribution in [0.3, 0.4) is 0 Å². The van der Waals surface area contributed by atoms with E-state index in [1.165, 1.54) is 6.33 Å². The molecule has 0 atom stereocenters. The summed E-state index contributed by atoms with van der Waals surface area (Å²) in [7, 11) is 0. The van der Waals surface area contributed by atoms with E-state index in [-0.39, 0.29) is 6.54 Å². The molecule has 0 spiro atoms. The lowest BCUT2D eigenvalue weighted by molar-refractivity contribution is 0.139. The number of hydrogen-bond acceptors (Lipinski definition) is 5. The minimum atomic E-state index is -1.18. The van der Waals surface area contributed by atoms with Gasteiger partial charge >= 0.3 is 0 Å². The maximum Gasteiger partial charge on any atom is 0.155 e.